The normalized spacial score (nSPS) is 10.7. The third-order valence-electron chi connectivity index (χ3n) is 4.32. The fourth-order valence-electron chi connectivity index (χ4n) is 2.85. The van der Waals surface area contributed by atoms with Crippen molar-refractivity contribution in [2.24, 2.45) is 0 Å². The summed E-state index contributed by atoms with van der Waals surface area (Å²) < 4.78 is 21.0. The molecule has 8 nitrogen and oxygen atoms in total. The lowest BCUT2D eigenvalue weighted by Crippen LogP contribution is -2.12. The average Bonchev–Trinajstić information content (AvgIpc) is 3.17. The van der Waals surface area contributed by atoms with Gasteiger partial charge < -0.3 is 14.5 Å². The smallest absolute Gasteiger partial charge is 0.306 e. The molecule has 1 N–H and O–H groups in total. The van der Waals surface area contributed by atoms with Crippen LogP contribution in [0.25, 0.3) is 5.65 Å². The van der Waals surface area contributed by atoms with Crippen LogP contribution in [-0.4, -0.2) is 20.2 Å². The molecule has 30 heavy (non-hydrogen) atoms. The van der Waals surface area contributed by atoms with Crippen LogP contribution < -0.4 is 10.1 Å². The van der Waals surface area contributed by atoms with Gasteiger partial charge in [0.15, 0.2) is 0 Å². The minimum absolute atomic E-state index is 0.125. The van der Waals surface area contributed by atoms with Crippen LogP contribution in [0.3, 0.4) is 0 Å². The van der Waals surface area contributed by atoms with Crippen molar-refractivity contribution in [3.8, 4) is 5.75 Å². The van der Waals surface area contributed by atoms with Crippen LogP contribution in [-0.2, 0) is 6.61 Å². The lowest BCUT2D eigenvalue weighted by Gasteiger charge is -2.07. The maximum Gasteiger partial charge on any atom is 0.306 e. The topological polar surface area (TPSA) is 98.8 Å². The number of pyridine rings is 1. The van der Waals surface area contributed by atoms with E-state index in [0.717, 1.165) is 23.5 Å². The number of rotatable bonds is 6. The number of carbonyl (C=O) groups is 1. The maximum atomic E-state index is 13.4. The van der Waals surface area contributed by atoms with Crippen molar-refractivity contribution < 1.29 is 18.8 Å². The number of hydrogen-bond acceptors (Lipinski definition) is 5. The number of benzene rings is 2. The molecule has 0 saturated carbocycles. The highest BCUT2D eigenvalue weighted by Gasteiger charge is 2.16. The fraction of sp³-hybridized carbons (Fsp3) is 0.0476. The summed E-state index contributed by atoms with van der Waals surface area (Å²) in [6.45, 7) is 0.270. The van der Waals surface area contributed by atoms with Crippen molar-refractivity contribution in [2.45, 2.75) is 6.61 Å². The van der Waals surface area contributed by atoms with Gasteiger partial charge in [-0.2, -0.15) is 4.39 Å². The summed E-state index contributed by atoms with van der Waals surface area (Å²) >= 11 is 0. The Balaban J connectivity index is 1.39. The number of nitro groups is 1. The van der Waals surface area contributed by atoms with Crippen molar-refractivity contribution in [1.29, 1.82) is 0 Å². The van der Waals surface area contributed by atoms with E-state index >= 15 is 0 Å². The molecule has 0 bridgehead atoms. The van der Waals surface area contributed by atoms with Crippen molar-refractivity contribution in [2.75, 3.05) is 5.32 Å². The monoisotopic (exact) mass is 406 g/mol. The number of amides is 1. The van der Waals surface area contributed by atoms with Crippen LogP contribution in [0.4, 0.5) is 15.8 Å². The summed E-state index contributed by atoms with van der Waals surface area (Å²) in [4.78, 5) is 26.8. The Bertz CT molecular complexity index is 1200. The third-order valence-corrected chi connectivity index (χ3v) is 4.32. The SMILES string of the molecule is O=C(Nc1ccc(F)c([N+](=O)[O-])c1)c1ccc(OCc2cn3ccccc3n2)cc1. The largest absolute Gasteiger partial charge is 0.487 e. The van der Waals surface area contributed by atoms with Gasteiger partial charge in [0.25, 0.3) is 5.91 Å². The number of nitrogens with zero attached hydrogens (tertiary/aromatic N) is 3. The number of fused-ring (bicyclic) bond motifs is 1. The standard InChI is InChI=1S/C21H15FN4O4/c22-18-9-6-15(11-19(18)26(28)29)24-21(27)14-4-7-17(8-5-14)30-13-16-12-25-10-2-1-3-20(25)23-16/h1-12H,13H2,(H,24,27). The van der Waals surface area contributed by atoms with E-state index in [4.69, 9.17) is 4.74 Å². The second-order valence-electron chi connectivity index (χ2n) is 6.39. The van der Waals surface area contributed by atoms with E-state index in [1.807, 2.05) is 35.0 Å². The minimum Gasteiger partial charge on any atom is -0.487 e. The predicted molar refractivity (Wildman–Crippen MR) is 107 cm³/mol. The quantitative estimate of drug-likeness (QED) is 0.382. The van der Waals surface area contributed by atoms with Gasteiger partial charge in [0.05, 0.1) is 10.6 Å². The molecule has 4 aromatic rings. The molecule has 0 atom stereocenters. The Kier molecular flexibility index (Phi) is 5.08. The van der Waals surface area contributed by atoms with Crippen LogP contribution in [0.1, 0.15) is 16.1 Å². The van der Waals surface area contributed by atoms with Gasteiger partial charge in [0.1, 0.15) is 18.0 Å². The van der Waals surface area contributed by atoms with E-state index in [1.165, 1.54) is 6.07 Å². The summed E-state index contributed by atoms with van der Waals surface area (Å²) in [6, 6.07) is 15.3. The Morgan fingerprint density at radius 1 is 1.17 bits per heavy atom. The number of ether oxygens (including phenoxy) is 1. The van der Waals surface area contributed by atoms with Crippen molar-refractivity contribution in [1.82, 2.24) is 9.38 Å². The second kappa shape index (κ2) is 8.00. The second-order valence-corrected chi connectivity index (χ2v) is 6.39. The molecule has 2 heterocycles. The van der Waals surface area contributed by atoms with Crippen LogP contribution in [0, 0.1) is 15.9 Å². The van der Waals surface area contributed by atoms with Crippen LogP contribution in [0.2, 0.25) is 0 Å². The van der Waals surface area contributed by atoms with E-state index in [1.54, 1.807) is 24.3 Å². The minimum atomic E-state index is -0.967. The molecule has 150 valence electrons. The summed E-state index contributed by atoms with van der Waals surface area (Å²) in [5, 5.41) is 13.3. The van der Waals surface area contributed by atoms with E-state index in [-0.39, 0.29) is 12.3 Å². The maximum absolute atomic E-state index is 13.4. The molecule has 0 aliphatic carbocycles. The zero-order valence-corrected chi connectivity index (χ0v) is 15.5. The zero-order chi connectivity index (χ0) is 21.1. The lowest BCUT2D eigenvalue weighted by atomic mass is 10.2. The van der Waals surface area contributed by atoms with Gasteiger partial charge >= 0.3 is 5.69 Å². The highest BCUT2D eigenvalue weighted by molar-refractivity contribution is 6.04. The van der Waals surface area contributed by atoms with Crippen LogP contribution in [0.15, 0.2) is 73.1 Å². The highest BCUT2D eigenvalue weighted by Crippen LogP contribution is 2.22. The predicted octanol–water partition coefficient (Wildman–Crippen LogP) is 4.21. The summed E-state index contributed by atoms with van der Waals surface area (Å²) in [5.74, 6) is -0.894. The Morgan fingerprint density at radius 2 is 1.97 bits per heavy atom. The highest BCUT2D eigenvalue weighted by atomic mass is 19.1. The molecule has 0 aliphatic heterocycles. The number of nitro benzene ring substituents is 1. The van der Waals surface area contributed by atoms with Gasteiger partial charge in [-0.15, -0.1) is 0 Å². The van der Waals surface area contributed by atoms with Crippen molar-refractivity contribution in [3.05, 3.63) is 100 Å². The summed E-state index contributed by atoms with van der Waals surface area (Å²) in [6.07, 6.45) is 3.77. The number of hydrogen-bond donors (Lipinski definition) is 1. The van der Waals surface area contributed by atoms with Gasteiger partial charge in [-0.3, -0.25) is 14.9 Å². The van der Waals surface area contributed by atoms with E-state index < -0.39 is 22.3 Å². The molecular weight excluding hydrogens is 391 g/mol. The number of aromatic nitrogens is 2. The molecule has 0 unspecified atom stereocenters. The lowest BCUT2D eigenvalue weighted by molar-refractivity contribution is -0.387. The van der Waals surface area contributed by atoms with E-state index in [2.05, 4.69) is 10.3 Å². The van der Waals surface area contributed by atoms with Crippen molar-refractivity contribution >= 4 is 22.9 Å². The first-order chi connectivity index (χ1) is 14.5. The van der Waals surface area contributed by atoms with E-state index in [9.17, 15) is 19.3 Å². The molecule has 0 aliphatic rings. The number of halogens is 1. The van der Waals surface area contributed by atoms with Gasteiger partial charge in [0.2, 0.25) is 5.82 Å². The number of nitrogens with one attached hydrogen (secondary N) is 1. The molecule has 0 fully saturated rings. The Morgan fingerprint density at radius 3 is 2.70 bits per heavy atom. The Hall–Kier alpha value is -4.27. The van der Waals surface area contributed by atoms with Gasteiger partial charge in [-0.1, -0.05) is 6.07 Å². The molecule has 0 radical (unpaired) electrons. The van der Waals surface area contributed by atoms with Crippen LogP contribution >= 0.6 is 0 Å². The molecule has 4 rings (SSSR count). The average molecular weight is 406 g/mol. The van der Waals surface area contributed by atoms with Crippen molar-refractivity contribution in [3.63, 3.8) is 0 Å². The van der Waals surface area contributed by atoms with Crippen LogP contribution in [0.5, 0.6) is 5.75 Å². The first-order valence-corrected chi connectivity index (χ1v) is 8.90. The first-order valence-electron chi connectivity index (χ1n) is 8.90. The summed E-state index contributed by atoms with van der Waals surface area (Å²) in [5.41, 5.74) is 1.33. The molecule has 2 aromatic carbocycles. The van der Waals surface area contributed by atoms with Gasteiger partial charge in [-0.05, 0) is 48.5 Å². The van der Waals surface area contributed by atoms with Gasteiger partial charge in [-0.25, -0.2) is 4.98 Å². The Labute approximate surface area is 169 Å². The molecular formula is C21H15FN4O4. The number of imidazole rings is 1. The molecule has 1 amide bonds. The van der Waals surface area contributed by atoms with E-state index in [0.29, 0.717) is 11.3 Å². The number of carbonyl (C=O) groups excluding carboxylic acids is 1. The zero-order valence-electron chi connectivity index (χ0n) is 15.5. The molecule has 2 aromatic heterocycles. The first kappa shape index (κ1) is 19.1. The van der Waals surface area contributed by atoms with Gasteiger partial charge in [0, 0.05) is 29.7 Å². The summed E-state index contributed by atoms with van der Waals surface area (Å²) in [7, 11) is 0. The number of anilines is 1. The molecule has 0 spiro atoms. The fourth-order valence-corrected chi connectivity index (χ4v) is 2.85. The molecule has 0 saturated heterocycles. The molecule has 9 heteroatoms. The third kappa shape index (κ3) is 4.09.